The number of aliphatic hydroxyl groups is 2. The fourth-order valence-electron chi connectivity index (χ4n) is 4.46. The zero-order chi connectivity index (χ0) is 18.2. The Kier molecular flexibility index (Phi) is 8.17. The van der Waals surface area contributed by atoms with E-state index >= 15 is 0 Å². The van der Waals surface area contributed by atoms with Crippen molar-refractivity contribution in [1.82, 2.24) is 0 Å². The molecule has 0 spiro atoms. The summed E-state index contributed by atoms with van der Waals surface area (Å²) in [7, 11) is 0. The minimum absolute atomic E-state index is 0.149. The maximum atomic E-state index is 10.6. The van der Waals surface area contributed by atoms with Gasteiger partial charge < -0.3 is 15.3 Å². The average molecular weight is 350 g/mol. The van der Waals surface area contributed by atoms with Crippen LogP contribution in [0.15, 0.2) is 23.8 Å². The quantitative estimate of drug-likeness (QED) is 0.410. The van der Waals surface area contributed by atoms with E-state index in [0.29, 0.717) is 18.3 Å². The number of rotatable bonds is 10. The van der Waals surface area contributed by atoms with Crippen molar-refractivity contribution < 1.29 is 20.1 Å². The second kappa shape index (κ2) is 10.1. The van der Waals surface area contributed by atoms with Gasteiger partial charge >= 0.3 is 5.97 Å². The van der Waals surface area contributed by atoms with Crippen molar-refractivity contribution in [3.05, 3.63) is 23.8 Å². The lowest BCUT2D eigenvalue weighted by Crippen LogP contribution is -2.17. The van der Waals surface area contributed by atoms with E-state index < -0.39 is 12.1 Å². The molecule has 4 heteroatoms. The van der Waals surface area contributed by atoms with E-state index in [1.807, 2.05) is 6.08 Å². The first kappa shape index (κ1) is 20.2. The van der Waals surface area contributed by atoms with Crippen LogP contribution in [0.25, 0.3) is 0 Å². The molecule has 0 amide bonds. The van der Waals surface area contributed by atoms with Crippen LogP contribution >= 0.6 is 0 Å². The van der Waals surface area contributed by atoms with Crippen molar-refractivity contribution in [3.63, 3.8) is 0 Å². The van der Waals surface area contributed by atoms with Gasteiger partial charge in [-0.05, 0) is 50.4 Å². The number of hydrogen-bond acceptors (Lipinski definition) is 3. The van der Waals surface area contributed by atoms with Crippen molar-refractivity contribution in [2.24, 2.45) is 17.8 Å². The van der Waals surface area contributed by atoms with Crippen molar-refractivity contribution in [1.29, 1.82) is 0 Å². The highest BCUT2D eigenvalue weighted by Gasteiger charge is 2.44. The lowest BCUT2D eigenvalue weighted by Gasteiger charge is -2.17. The second-order valence-corrected chi connectivity index (χ2v) is 7.81. The van der Waals surface area contributed by atoms with Crippen LogP contribution in [-0.2, 0) is 4.79 Å². The van der Waals surface area contributed by atoms with Crippen molar-refractivity contribution in [2.75, 3.05) is 0 Å². The molecule has 2 aliphatic rings. The van der Waals surface area contributed by atoms with Crippen molar-refractivity contribution >= 4 is 5.97 Å². The average Bonchev–Trinajstić information content (AvgIpc) is 3.06. The van der Waals surface area contributed by atoms with Crippen LogP contribution in [0.2, 0.25) is 0 Å². The molecule has 2 saturated carbocycles. The Morgan fingerprint density at radius 3 is 2.80 bits per heavy atom. The molecule has 0 aromatic heterocycles. The topological polar surface area (TPSA) is 77.8 Å². The zero-order valence-corrected chi connectivity index (χ0v) is 15.4. The monoisotopic (exact) mass is 350 g/mol. The van der Waals surface area contributed by atoms with Gasteiger partial charge in [0.05, 0.1) is 12.2 Å². The number of allylic oxidation sites excluding steroid dienone is 2. The summed E-state index contributed by atoms with van der Waals surface area (Å²) >= 11 is 0. The number of hydrogen-bond donors (Lipinski definition) is 3. The largest absolute Gasteiger partial charge is 0.481 e. The Hall–Kier alpha value is -1.13. The van der Waals surface area contributed by atoms with Crippen LogP contribution in [0.5, 0.6) is 0 Å². The molecular weight excluding hydrogens is 316 g/mol. The Morgan fingerprint density at radius 1 is 1.28 bits per heavy atom. The Bertz CT molecular complexity index is 482. The van der Waals surface area contributed by atoms with Crippen LogP contribution < -0.4 is 0 Å². The number of aliphatic hydroxyl groups excluding tert-OH is 2. The fraction of sp³-hybridized carbons (Fsp3) is 0.762. The number of fused-ring (bicyclic) bond motifs is 1. The standard InChI is InChI=1S/C21H34O4/c1-2-3-4-8-17(22)10-11-18-19-13-15(7-5-6-9-21(24)25)12-16(19)14-20(18)23/h7,10-11,16-20,22-23H,2-6,8-9,12-14H2,1H3,(H,24,25)/t16-,17?,18+,19-,20+/m0/s1. The molecule has 0 aliphatic heterocycles. The lowest BCUT2D eigenvalue weighted by atomic mass is 9.90. The minimum atomic E-state index is -0.729. The van der Waals surface area contributed by atoms with Crippen LogP contribution in [0.4, 0.5) is 0 Å². The molecule has 2 rings (SSSR count). The van der Waals surface area contributed by atoms with Gasteiger partial charge in [-0.25, -0.2) is 0 Å². The number of unbranched alkanes of at least 4 members (excludes halogenated alkanes) is 3. The van der Waals surface area contributed by atoms with E-state index in [9.17, 15) is 15.0 Å². The molecule has 1 unspecified atom stereocenters. The highest BCUT2D eigenvalue weighted by atomic mass is 16.4. The summed E-state index contributed by atoms with van der Waals surface area (Å²) in [6, 6.07) is 0. The first-order chi connectivity index (χ1) is 12.0. The molecule has 0 aromatic rings. The van der Waals surface area contributed by atoms with Crippen molar-refractivity contribution in [2.45, 2.75) is 83.3 Å². The third kappa shape index (κ3) is 6.27. The normalized spacial score (nSPS) is 31.7. The van der Waals surface area contributed by atoms with E-state index in [2.05, 4.69) is 19.1 Å². The predicted octanol–water partition coefficient (Wildman–Crippen LogP) is 4.07. The van der Waals surface area contributed by atoms with E-state index in [0.717, 1.165) is 51.4 Å². The first-order valence-corrected chi connectivity index (χ1v) is 9.95. The molecule has 3 N–H and O–H groups in total. The van der Waals surface area contributed by atoms with Crippen LogP contribution in [0, 0.1) is 17.8 Å². The highest BCUT2D eigenvalue weighted by Crippen LogP contribution is 2.50. The molecule has 0 bridgehead atoms. The maximum Gasteiger partial charge on any atom is 0.303 e. The van der Waals surface area contributed by atoms with Gasteiger partial charge in [0.15, 0.2) is 0 Å². The van der Waals surface area contributed by atoms with Crippen LogP contribution in [0.1, 0.15) is 71.1 Å². The summed E-state index contributed by atoms with van der Waals surface area (Å²) in [6.45, 7) is 2.16. The molecule has 142 valence electrons. The van der Waals surface area contributed by atoms with Gasteiger partial charge in [-0.2, -0.15) is 0 Å². The molecule has 4 nitrogen and oxygen atoms in total. The van der Waals surface area contributed by atoms with Gasteiger partial charge in [-0.3, -0.25) is 4.79 Å². The first-order valence-electron chi connectivity index (χ1n) is 9.95. The summed E-state index contributed by atoms with van der Waals surface area (Å²) in [5, 5.41) is 29.1. The smallest absolute Gasteiger partial charge is 0.303 e. The molecule has 5 atom stereocenters. The molecular formula is C21H34O4. The number of carbonyl (C=O) groups is 1. The molecule has 0 aromatic carbocycles. The Balaban J connectivity index is 1.83. The summed E-state index contributed by atoms with van der Waals surface area (Å²) in [4.78, 5) is 10.6. The van der Waals surface area contributed by atoms with Gasteiger partial charge in [-0.1, -0.05) is 50.0 Å². The fourth-order valence-corrected chi connectivity index (χ4v) is 4.46. The van der Waals surface area contributed by atoms with Gasteiger partial charge in [0.2, 0.25) is 0 Å². The van der Waals surface area contributed by atoms with Crippen LogP contribution in [-0.4, -0.2) is 33.5 Å². The zero-order valence-electron chi connectivity index (χ0n) is 15.4. The van der Waals surface area contributed by atoms with E-state index in [-0.39, 0.29) is 18.4 Å². The molecule has 0 heterocycles. The SMILES string of the molecule is CCCCCC(O)C=C[C@@H]1[C@H]2CC(=CCCCC(=O)O)C[C@H]2C[C@H]1O. The van der Waals surface area contributed by atoms with Crippen LogP contribution in [0.3, 0.4) is 0 Å². The van der Waals surface area contributed by atoms with Gasteiger partial charge in [0.1, 0.15) is 0 Å². The van der Waals surface area contributed by atoms with Gasteiger partial charge in [0, 0.05) is 12.3 Å². The summed E-state index contributed by atoms with van der Waals surface area (Å²) in [6.07, 6.45) is 14.3. The lowest BCUT2D eigenvalue weighted by molar-refractivity contribution is -0.137. The Labute approximate surface area is 151 Å². The maximum absolute atomic E-state index is 10.6. The second-order valence-electron chi connectivity index (χ2n) is 7.81. The van der Waals surface area contributed by atoms with E-state index in [1.54, 1.807) is 0 Å². The molecule has 0 radical (unpaired) electrons. The number of carboxylic acid groups (broad SMARTS) is 1. The third-order valence-electron chi connectivity index (χ3n) is 5.80. The third-order valence-corrected chi connectivity index (χ3v) is 5.80. The van der Waals surface area contributed by atoms with Gasteiger partial charge in [0.25, 0.3) is 0 Å². The van der Waals surface area contributed by atoms with Crippen molar-refractivity contribution in [3.8, 4) is 0 Å². The minimum Gasteiger partial charge on any atom is -0.481 e. The van der Waals surface area contributed by atoms with E-state index in [1.165, 1.54) is 5.57 Å². The highest BCUT2D eigenvalue weighted by molar-refractivity contribution is 5.66. The molecule has 2 fully saturated rings. The van der Waals surface area contributed by atoms with Gasteiger partial charge in [-0.15, -0.1) is 0 Å². The number of carboxylic acids is 1. The summed E-state index contributed by atoms with van der Waals surface area (Å²) < 4.78 is 0. The summed E-state index contributed by atoms with van der Waals surface area (Å²) in [5.74, 6) is 0.427. The summed E-state index contributed by atoms with van der Waals surface area (Å²) in [5.41, 5.74) is 1.43. The number of aliphatic carboxylic acids is 1. The predicted molar refractivity (Wildman–Crippen MR) is 99.2 cm³/mol. The molecule has 2 aliphatic carbocycles. The van der Waals surface area contributed by atoms with E-state index in [4.69, 9.17) is 5.11 Å². The molecule has 0 saturated heterocycles. The molecule has 25 heavy (non-hydrogen) atoms. The Morgan fingerprint density at radius 2 is 2.08 bits per heavy atom.